The molecule has 2 N–H and O–H groups in total. The van der Waals surface area contributed by atoms with Gasteiger partial charge in [-0.3, -0.25) is 4.79 Å². The standard InChI is InChI=1S/C27H23N5O4/c1-17-23(25(33)31-20-11-7-4-8-12-20)24(32-27(30-17)28-16-29-32)19-13-14-21(22(15-19)35-2)36-26(34)18-9-5-3-6-10-18/h3-16,24H,1-2H3,(H,31,33)(H,28,29,30). The van der Waals surface area contributed by atoms with Gasteiger partial charge in [-0.05, 0) is 48.9 Å². The number of nitrogens with zero attached hydrogens (tertiary/aromatic N) is 3. The summed E-state index contributed by atoms with van der Waals surface area (Å²) < 4.78 is 12.8. The van der Waals surface area contributed by atoms with Crippen molar-refractivity contribution in [2.45, 2.75) is 13.0 Å². The Hall–Kier alpha value is -4.92. The number of methoxy groups -OCH3 is 1. The molecule has 4 aromatic rings. The molecule has 0 radical (unpaired) electrons. The summed E-state index contributed by atoms with van der Waals surface area (Å²) in [7, 11) is 1.49. The quantitative estimate of drug-likeness (QED) is 0.310. The van der Waals surface area contributed by atoms with E-state index in [2.05, 4.69) is 20.7 Å². The Bertz CT molecular complexity index is 1450. The van der Waals surface area contributed by atoms with Crippen LogP contribution in [0.25, 0.3) is 0 Å². The molecule has 1 aromatic heterocycles. The highest BCUT2D eigenvalue weighted by Gasteiger charge is 2.34. The van der Waals surface area contributed by atoms with Gasteiger partial charge < -0.3 is 20.1 Å². The number of hydrogen-bond acceptors (Lipinski definition) is 7. The lowest BCUT2D eigenvalue weighted by molar-refractivity contribution is -0.113. The molecule has 0 spiro atoms. The van der Waals surface area contributed by atoms with E-state index >= 15 is 0 Å². The molecule has 0 saturated heterocycles. The summed E-state index contributed by atoms with van der Waals surface area (Å²) in [4.78, 5) is 30.3. The van der Waals surface area contributed by atoms with E-state index in [9.17, 15) is 9.59 Å². The molecule has 3 aromatic carbocycles. The van der Waals surface area contributed by atoms with Crippen molar-refractivity contribution in [3.05, 3.63) is 108 Å². The Kier molecular flexibility index (Phi) is 6.19. The summed E-state index contributed by atoms with van der Waals surface area (Å²) in [6.07, 6.45) is 1.42. The number of allylic oxidation sites excluding steroid dienone is 1. The van der Waals surface area contributed by atoms with Gasteiger partial charge in [-0.25, -0.2) is 9.48 Å². The van der Waals surface area contributed by atoms with Crippen LogP contribution < -0.4 is 20.1 Å². The van der Waals surface area contributed by atoms with Crippen molar-refractivity contribution in [2.24, 2.45) is 0 Å². The highest BCUT2D eigenvalue weighted by Crippen LogP contribution is 2.39. The highest BCUT2D eigenvalue weighted by atomic mass is 16.6. The lowest BCUT2D eigenvalue weighted by Gasteiger charge is -2.29. The summed E-state index contributed by atoms with van der Waals surface area (Å²) in [6.45, 7) is 1.82. The third-order valence-electron chi connectivity index (χ3n) is 5.79. The smallest absolute Gasteiger partial charge is 0.343 e. The summed E-state index contributed by atoms with van der Waals surface area (Å²) >= 11 is 0. The molecule has 5 rings (SSSR count). The van der Waals surface area contributed by atoms with Crippen LogP contribution >= 0.6 is 0 Å². The van der Waals surface area contributed by atoms with Gasteiger partial charge in [-0.15, -0.1) is 0 Å². The maximum absolute atomic E-state index is 13.4. The van der Waals surface area contributed by atoms with E-state index in [0.717, 1.165) is 0 Å². The van der Waals surface area contributed by atoms with E-state index in [4.69, 9.17) is 9.47 Å². The number of carbonyl (C=O) groups excluding carboxylic acids is 2. The molecule has 9 nitrogen and oxygen atoms in total. The number of amides is 1. The monoisotopic (exact) mass is 481 g/mol. The zero-order chi connectivity index (χ0) is 25.1. The number of benzene rings is 3. The van der Waals surface area contributed by atoms with Gasteiger partial charge in [0.25, 0.3) is 5.91 Å². The third-order valence-corrected chi connectivity index (χ3v) is 5.79. The number of hydrogen-bond donors (Lipinski definition) is 2. The molecule has 0 bridgehead atoms. The second kappa shape index (κ2) is 9.75. The first-order valence-corrected chi connectivity index (χ1v) is 11.2. The van der Waals surface area contributed by atoms with Crippen LogP contribution in [0.1, 0.15) is 28.9 Å². The van der Waals surface area contributed by atoms with Gasteiger partial charge >= 0.3 is 5.97 Å². The van der Waals surface area contributed by atoms with Gasteiger partial charge in [0.05, 0.1) is 18.2 Å². The fourth-order valence-electron chi connectivity index (χ4n) is 4.08. The molecule has 1 amide bonds. The van der Waals surface area contributed by atoms with E-state index < -0.39 is 12.0 Å². The zero-order valence-electron chi connectivity index (χ0n) is 19.6. The lowest BCUT2D eigenvalue weighted by atomic mass is 9.94. The molecule has 9 heteroatoms. The van der Waals surface area contributed by atoms with Crippen molar-refractivity contribution >= 4 is 23.5 Å². The number of nitrogens with one attached hydrogen (secondary N) is 2. The largest absolute Gasteiger partial charge is 0.493 e. The minimum atomic E-state index is -0.597. The van der Waals surface area contributed by atoms with Crippen LogP contribution in [0.15, 0.2) is 96.5 Å². The van der Waals surface area contributed by atoms with Crippen LogP contribution in [0, 0.1) is 0 Å². The normalized spacial score (nSPS) is 14.4. The number of carbonyl (C=O) groups is 2. The molecule has 2 heterocycles. The molecule has 1 aliphatic rings. The first kappa shape index (κ1) is 22.9. The van der Waals surface area contributed by atoms with Crippen molar-refractivity contribution in [1.82, 2.24) is 14.8 Å². The van der Waals surface area contributed by atoms with Crippen LogP contribution in [0.5, 0.6) is 11.5 Å². The first-order valence-electron chi connectivity index (χ1n) is 11.2. The van der Waals surface area contributed by atoms with E-state index in [1.165, 1.54) is 13.4 Å². The predicted molar refractivity (Wildman–Crippen MR) is 134 cm³/mol. The Morgan fingerprint density at radius 3 is 2.42 bits per heavy atom. The second-order valence-electron chi connectivity index (χ2n) is 8.08. The molecule has 0 fully saturated rings. The van der Waals surface area contributed by atoms with Crippen LogP contribution in [0.4, 0.5) is 11.6 Å². The number of aromatic nitrogens is 3. The summed E-state index contributed by atoms with van der Waals surface area (Å²) in [5.41, 5.74) is 2.91. The number of anilines is 2. The maximum atomic E-state index is 13.4. The van der Waals surface area contributed by atoms with E-state index in [1.54, 1.807) is 47.1 Å². The zero-order valence-corrected chi connectivity index (χ0v) is 19.6. The van der Waals surface area contributed by atoms with Crippen molar-refractivity contribution in [3.63, 3.8) is 0 Å². The molecular formula is C27H23N5O4. The molecule has 180 valence electrons. The second-order valence-corrected chi connectivity index (χ2v) is 8.08. The average molecular weight is 482 g/mol. The van der Waals surface area contributed by atoms with Crippen LogP contribution in [-0.2, 0) is 4.79 Å². The van der Waals surface area contributed by atoms with Crippen molar-refractivity contribution in [1.29, 1.82) is 0 Å². The number of ether oxygens (including phenoxy) is 2. The van der Waals surface area contributed by atoms with Gasteiger partial charge in [0.1, 0.15) is 12.4 Å². The first-order chi connectivity index (χ1) is 17.5. The van der Waals surface area contributed by atoms with E-state index in [-0.39, 0.29) is 11.7 Å². The Balaban J connectivity index is 1.50. The van der Waals surface area contributed by atoms with Crippen LogP contribution in [0.2, 0.25) is 0 Å². The highest BCUT2D eigenvalue weighted by molar-refractivity contribution is 6.06. The van der Waals surface area contributed by atoms with Gasteiger partial charge in [0.15, 0.2) is 11.5 Å². The fourth-order valence-corrected chi connectivity index (χ4v) is 4.08. The lowest BCUT2D eigenvalue weighted by Crippen LogP contribution is -2.31. The Morgan fingerprint density at radius 2 is 1.69 bits per heavy atom. The Morgan fingerprint density at radius 1 is 0.972 bits per heavy atom. The molecule has 0 aliphatic carbocycles. The maximum Gasteiger partial charge on any atom is 0.343 e. The van der Waals surface area contributed by atoms with E-state index in [0.29, 0.717) is 39.8 Å². The number of fused-ring (bicyclic) bond motifs is 1. The molecular weight excluding hydrogens is 458 g/mol. The van der Waals surface area contributed by atoms with Gasteiger partial charge in [-0.1, -0.05) is 42.5 Å². The average Bonchev–Trinajstić information content (AvgIpc) is 3.37. The third kappa shape index (κ3) is 4.41. The summed E-state index contributed by atoms with van der Waals surface area (Å²) in [5.74, 6) is 0.334. The van der Waals surface area contributed by atoms with Gasteiger partial charge in [-0.2, -0.15) is 10.1 Å². The van der Waals surface area contributed by atoms with Crippen molar-refractivity contribution < 1.29 is 19.1 Å². The topological polar surface area (TPSA) is 107 Å². The number of rotatable bonds is 6. The van der Waals surface area contributed by atoms with Crippen molar-refractivity contribution in [2.75, 3.05) is 17.7 Å². The molecule has 1 unspecified atom stereocenters. The number of para-hydroxylation sites is 1. The molecule has 36 heavy (non-hydrogen) atoms. The van der Waals surface area contributed by atoms with Gasteiger partial charge in [0.2, 0.25) is 5.95 Å². The Labute approximate surface area is 207 Å². The minimum absolute atomic E-state index is 0.263. The van der Waals surface area contributed by atoms with Gasteiger partial charge in [0, 0.05) is 11.4 Å². The molecule has 0 saturated carbocycles. The minimum Gasteiger partial charge on any atom is -0.493 e. The SMILES string of the molecule is COc1cc(C2C(C(=O)Nc3ccccc3)=C(C)Nc3ncnn32)ccc1OC(=O)c1ccccc1. The summed E-state index contributed by atoms with van der Waals surface area (Å²) in [6, 6.07) is 22.5. The van der Waals surface area contributed by atoms with E-state index in [1.807, 2.05) is 43.3 Å². The van der Waals surface area contributed by atoms with Crippen LogP contribution in [0.3, 0.4) is 0 Å². The van der Waals surface area contributed by atoms with Crippen molar-refractivity contribution in [3.8, 4) is 11.5 Å². The number of esters is 1. The molecule has 1 atom stereocenters. The molecule has 1 aliphatic heterocycles. The van der Waals surface area contributed by atoms with Crippen LogP contribution in [-0.4, -0.2) is 33.8 Å². The predicted octanol–water partition coefficient (Wildman–Crippen LogP) is 4.43. The summed E-state index contributed by atoms with van der Waals surface area (Å²) in [5, 5.41) is 10.5. The fraction of sp³-hybridized carbons (Fsp3) is 0.111.